The maximum Gasteiger partial charge on any atom is 0.140 e. The van der Waals surface area contributed by atoms with Crippen LogP contribution in [0.2, 0.25) is 10.0 Å². The summed E-state index contributed by atoms with van der Waals surface area (Å²) >= 11 is 15.0. The van der Waals surface area contributed by atoms with Crippen LogP contribution in [0.1, 0.15) is 12.5 Å². The molecule has 1 nitrogen and oxygen atoms in total. The summed E-state index contributed by atoms with van der Waals surface area (Å²) in [7, 11) is 0. The van der Waals surface area contributed by atoms with Crippen LogP contribution < -0.4 is 0 Å². The van der Waals surface area contributed by atoms with E-state index < -0.39 is 0 Å². The van der Waals surface area contributed by atoms with Gasteiger partial charge in [-0.15, -0.1) is 0 Å². The first-order valence-corrected chi connectivity index (χ1v) is 6.45. The Balaban J connectivity index is 2.77. The lowest BCUT2D eigenvalue weighted by Gasteiger charge is -2.08. The molecule has 0 saturated heterocycles. The third-order valence-electron chi connectivity index (χ3n) is 2.16. The quantitative estimate of drug-likeness (QED) is 0.764. The van der Waals surface area contributed by atoms with Crippen LogP contribution in [-0.4, -0.2) is 11.1 Å². The van der Waals surface area contributed by atoms with Gasteiger partial charge in [0.2, 0.25) is 0 Å². The van der Waals surface area contributed by atoms with E-state index in [9.17, 15) is 4.79 Å². The van der Waals surface area contributed by atoms with E-state index in [2.05, 4.69) is 15.9 Å². The predicted octanol–water partition coefficient (Wildman–Crippen LogP) is 4.14. The summed E-state index contributed by atoms with van der Waals surface area (Å²) < 4.78 is 0. The fraction of sp³-hybridized carbons (Fsp3) is 0.364. The smallest absolute Gasteiger partial charge is 0.140 e. The van der Waals surface area contributed by atoms with Gasteiger partial charge >= 0.3 is 0 Å². The number of benzene rings is 1. The Labute approximate surface area is 108 Å². The molecular formula is C11H11BrCl2O. The first-order valence-electron chi connectivity index (χ1n) is 4.57. The summed E-state index contributed by atoms with van der Waals surface area (Å²) in [5, 5.41) is 1.82. The van der Waals surface area contributed by atoms with Crippen LogP contribution >= 0.6 is 39.1 Å². The van der Waals surface area contributed by atoms with E-state index in [-0.39, 0.29) is 11.7 Å². The summed E-state index contributed by atoms with van der Waals surface area (Å²) in [6.07, 6.45) is 0.364. The average molecular weight is 310 g/mol. The summed E-state index contributed by atoms with van der Waals surface area (Å²) in [6.45, 7) is 1.89. The van der Waals surface area contributed by atoms with E-state index in [0.29, 0.717) is 21.8 Å². The number of hydrogen-bond donors (Lipinski definition) is 0. The maximum absolute atomic E-state index is 11.7. The number of carbonyl (C=O) groups is 1. The van der Waals surface area contributed by atoms with Crippen molar-refractivity contribution in [2.24, 2.45) is 5.92 Å². The fourth-order valence-electron chi connectivity index (χ4n) is 1.11. The topological polar surface area (TPSA) is 17.1 Å². The molecule has 0 spiro atoms. The van der Waals surface area contributed by atoms with Crippen LogP contribution in [-0.2, 0) is 11.2 Å². The normalized spacial score (nSPS) is 12.5. The van der Waals surface area contributed by atoms with Crippen LogP contribution in [0.25, 0.3) is 0 Å². The second-order valence-electron chi connectivity index (χ2n) is 3.43. The second-order valence-corrected chi connectivity index (χ2v) is 4.93. The van der Waals surface area contributed by atoms with Gasteiger partial charge < -0.3 is 0 Å². The molecule has 82 valence electrons. The van der Waals surface area contributed by atoms with E-state index in [0.717, 1.165) is 5.56 Å². The summed E-state index contributed by atoms with van der Waals surface area (Å²) in [5.41, 5.74) is 0.832. The summed E-state index contributed by atoms with van der Waals surface area (Å²) in [6, 6.07) is 5.20. The lowest BCUT2D eigenvalue weighted by molar-refractivity contribution is -0.121. The molecular weight excluding hydrogens is 299 g/mol. The minimum absolute atomic E-state index is 0.0109. The average Bonchev–Trinajstić information content (AvgIpc) is 2.20. The standard InChI is InChI=1S/C11H11BrCl2O/c1-7(6-12)11(15)4-8-2-3-9(13)5-10(8)14/h2-3,5,7H,4,6H2,1H3. The number of Topliss-reactive ketones (excluding diaryl/α,β-unsaturated/α-hetero) is 1. The van der Waals surface area contributed by atoms with Crippen LogP contribution in [0.3, 0.4) is 0 Å². The molecule has 0 bridgehead atoms. The number of ketones is 1. The Kier molecular flexibility index (Phi) is 5.10. The highest BCUT2D eigenvalue weighted by Gasteiger charge is 2.13. The van der Waals surface area contributed by atoms with Gasteiger partial charge in [-0.25, -0.2) is 0 Å². The fourth-order valence-corrected chi connectivity index (χ4v) is 1.95. The van der Waals surface area contributed by atoms with Crippen molar-refractivity contribution in [2.75, 3.05) is 5.33 Å². The highest BCUT2D eigenvalue weighted by molar-refractivity contribution is 9.09. The summed E-state index contributed by atoms with van der Waals surface area (Å²) in [4.78, 5) is 11.7. The molecule has 0 radical (unpaired) electrons. The zero-order valence-electron chi connectivity index (χ0n) is 8.27. The van der Waals surface area contributed by atoms with Gasteiger partial charge in [0.25, 0.3) is 0 Å². The minimum atomic E-state index is 0.0109. The molecule has 0 aliphatic heterocycles. The SMILES string of the molecule is CC(CBr)C(=O)Cc1ccc(Cl)cc1Cl. The van der Waals surface area contributed by atoms with Crippen LogP contribution in [0.4, 0.5) is 0 Å². The second kappa shape index (κ2) is 5.88. The molecule has 0 heterocycles. The first-order chi connectivity index (χ1) is 7.04. The Bertz CT molecular complexity index is 366. The molecule has 0 fully saturated rings. The zero-order chi connectivity index (χ0) is 11.4. The van der Waals surface area contributed by atoms with E-state index in [1.54, 1.807) is 18.2 Å². The first kappa shape index (κ1) is 13.0. The Morgan fingerprint density at radius 1 is 1.47 bits per heavy atom. The van der Waals surface area contributed by atoms with Crippen molar-refractivity contribution in [3.05, 3.63) is 33.8 Å². The molecule has 1 aromatic rings. The number of halogens is 3. The Morgan fingerprint density at radius 2 is 2.13 bits per heavy atom. The molecule has 1 rings (SSSR count). The van der Waals surface area contributed by atoms with Crippen molar-refractivity contribution in [1.82, 2.24) is 0 Å². The van der Waals surface area contributed by atoms with Crippen LogP contribution in [0, 0.1) is 5.92 Å². The molecule has 15 heavy (non-hydrogen) atoms. The van der Waals surface area contributed by atoms with Gasteiger partial charge in [0.15, 0.2) is 0 Å². The molecule has 4 heteroatoms. The third kappa shape index (κ3) is 3.78. The minimum Gasteiger partial charge on any atom is -0.299 e. The molecule has 0 aromatic heterocycles. The number of alkyl halides is 1. The van der Waals surface area contributed by atoms with Crippen LogP contribution in [0.5, 0.6) is 0 Å². The van der Waals surface area contributed by atoms with E-state index >= 15 is 0 Å². The van der Waals surface area contributed by atoms with Gasteiger partial charge in [0.1, 0.15) is 5.78 Å². The Morgan fingerprint density at radius 3 is 2.67 bits per heavy atom. The van der Waals surface area contributed by atoms with Crippen molar-refractivity contribution >= 4 is 44.9 Å². The van der Waals surface area contributed by atoms with Gasteiger partial charge in [0, 0.05) is 27.7 Å². The van der Waals surface area contributed by atoms with E-state index in [4.69, 9.17) is 23.2 Å². The highest BCUT2D eigenvalue weighted by atomic mass is 79.9. The van der Waals surface area contributed by atoms with Crippen molar-refractivity contribution in [3.63, 3.8) is 0 Å². The van der Waals surface area contributed by atoms with Gasteiger partial charge in [-0.1, -0.05) is 52.1 Å². The molecule has 0 amide bonds. The summed E-state index contributed by atoms with van der Waals surface area (Å²) in [5.74, 6) is 0.188. The molecule has 0 aliphatic carbocycles. The van der Waals surface area contributed by atoms with Crippen molar-refractivity contribution in [2.45, 2.75) is 13.3 Å². The van der Waals surface area contributed by atoms with Gasteiger partial charge in [0.05, 0.1) is 0 Å². The van der Waals surface area contributed by atoms with Gasteiger partial charge in [-0.05, 0) is 17.7 Å². The highest BCUT2D eigenvalue weighted by Crippen LogP contribution is 2.22. The monoisotopic (exact) mass is 308 g/mol. The number of hydrogen-bond acceptors (Lipinski definition) is 1. The lowest BCUT2D eigenvalue weighted by Crippen LogP contribution is -2.14. The lowest BCUT2D eigenvalue weighted by atomic mass is 10.0. The largest absolute Gasteiger partial charge is 0.299 e. The predicted molar refractivity (Wildman–Crippen MR) is 68.1 cm³/mol. The Hall–Kier alpha value is -0.0500. The van der Waals surface area contributed by atoms with Crippen molar-refractivity contribution in [1.29, 1.82) is 0 Å². The number of carbonyl (C=O) groups excluding carboxylic acids is 1. The van der Waals surface area contributed by atoms with E-state index in [1.807, 2.05) is 6.92 Å². The molecule has 1 atom stereocenters. The molecule has 0 aliphatic rings. The molecule has 0 N–H and O–H groups in total. The van der Waals surface area contributed by atoms with Gasteiger partial charge in [-0.2, -0.15) is 0 Å². The van der Waals surface area contributed by atoms with Crippen LogP contribution in [0.15, 0.2) is 18.2 Å². The van der Waals surface area contributed by atoms with Crippen molar-refractivity contribution < 1.29 is 4.79 Å². The molecule has 0 saturated carbocycles. The maximum atomic E-state index is 11.7. The van der Waals surface area contributed by atoms with Crippen molar-refractivity contribution in [3.8, 4) is 0 Å². The molecule has 1 unspecified atom stereocenters. The van der Waals surface area contributed by atoms with Gasteiger partial charge in [-0.3, -0.25) is 4.79 Å². The number of rotatable bonds is 4. The molecule has 1 aromatic carbocycles. The van der Waals surface area contributed by atoms with E-state index in [1.165, 1.54) is 0 Å². The zero-order valence-corrected chi connectivity index (χ0v) is 11.4. The third-order valence-corrected chi connectivity index (χ3v) is 3.72.